The van der Waals surface area contributed by atoms with Crippen molar-refractivity contribution in [2.24, 2.45) is 17.6 Å². The van der Waals surface area contributed by atoms with Crippen molar-refractivity contribution in [2.75, 3.05) is 13.1 Å². The average molecular weight is 292 g/mol. The van der Waals surface area contributed by atoms with Crippen molar-refractivity contribution >= 4 is 5.91 Å². The Bertz CT molecular complexity index is 461. The molecule has 118 valence electrons. The fourth-order valence-corrected chi connectivity index (χ4v) is 3.00. The fraction of sp³-hybridized carbons (Fsp3) is 0.750. The van der Waals surface area contributed by atoms with Crippen molar-refractivity contribution in [3.8, 4) is 0 Å². The first-order chi connectivity index (χ1) is 10.1. The van der Waals surface area contributed by atoms with Crippen molar-refractivity contribution in [3.05, 3.63) is 17.5 Å². The maximum atomic E-state index is 12.3. The number of aromatic nitrogens is 2. The summed E-state index contributed by atoms with van der Waals surface area (Å²) in [6, 6.07) is 0. The molecule has 0 bridgehead atoms. The summed E-state index contributed by atoms with van der Waals surface area (Å²) in [5, 5.41) is 7.36. The number of rotatable bonds is 6. The van der Waals surface area contributed by atoms with Gasteiger partial charge in [0, 0.05) is 18.8 Å². The highest BCUT2D eigenvalue weighted by Crippen LogP contribution is 2.27. The summed E-state index contributed by atoms with van der Waals surface area (Å²) in [5.74, 6) is 1.49. The highest BCUT2D eigenvalue weighted by Gasteiger charge is 2.20. The normalized spacial score (nSPS) is 22.2. The van der Waals surface area contributed by atoms with E-state index in [2.05, 4.69) is 17.3 Å². The van der Waals surface area contributed by atoms with Gasteiger partial charge in [-0.25, -0.2) is 0 Å². The summed E-state index contributed by atoms with van der Waals surface area (Å²) in [6.07, 6.45) is 7.59. The summed E-state index contributed by atoms with van der Waals surface area (Å²) >= 11 is 0. The third kappa shape index (κ3) is 4.30. The second-order valence-corrected chi connectivity index (χ2v) is 6.34. The molecule has 1 aliphatic carbocycles. The molecule has 1 fully saturated rings. The summed E-state index contributed by atoms with van der Waals surface area (Å²) in [6.45, 7) is 6.46. The number of nitrogens with two attached hydrogens (primary N) is 1. The molecule has 0 unspecified atom stereocenters. The third-order valence-corrected chi connectivity index (χ3v) is 4.61. The second kappa shape index (κ2) is 7.59. The van der Waals surface area contributed by atoms with Gasteiger partial charge in [-0.05, 0) is 44.6 Å². The van der Waals surface area contributed by atoms with Crippen LogP contribution in [-0.4, -0.2) is 28.8 Å². The van der Waals surface area contributed by atoms with Gasteiger partial charge in [0.1, 0.15) is 0 Å². The first-order valence-electron chi connectivity index (χ1n) is 8.12. The summed E-state index contributed by atoms with van der Waals surface area (Å²) in [4.78, 5) is 12.3. The molecule has 5 nitrogen and oxygen atoms in total. The average Bonchev–Trinajstić information content (AvgIpc) is 2.85. The minimum atomic E-state index is 0.00474. The Balaban J connectivity index is 1.84. The number of hydrogen-bond acceptors (Lipinski definition) is 3. The van der Waals surface area contributed by atoms with E-state index in [0.717, 1.165) is 31.1 Å². The fourth-order valence-electron chi connectivity index (χ4n) is 3.00. The molecule has 1 heterocycles. The lowest BCUT2D eigenvalue weighted by Gasteiger charge is -2.26. The Morgan fingerprint density at radius 3 is 2.81 bits per heavy atom. The molecular formula is C16H28N4O. The SMILES string of the molecule is Cc1c(C(=O)NCC2CCC(C)CC2)cnn1CCCN. The van der Waals surface area contributed by atoms with Crippen LogP contribution in [0.4, 0.5) is 0 Å². The van der Waals surface area contributed by atoms with Crippen LogP contribution in [0.1, 0.15) is 55.1 Å². The third-order valence-electron chi connectivity index (χ3n) is 4.61. The molecule has 21 heavy (non-hydrogen) atoms. The van der Waals surface area contributed by atoms with Crippen LogP contribution in [0.15, 0.2) is 6.20 Å². The zero-order valence-corrected chi connectivity index (χ0v) is 13.3. The molecule has 0 aliphatic heterocycles. The lowest BCUT2D eigenvalue weighted by atomic mass is 9.83. The Morgan fingerprint density at radius 1 is 1.43 bits per heavy atom. The number of nitrogens with zero attached hydrogens (tertiary/aromatic N) is 2. The monoisotopic (exact) mass is 292 g/mol. The summed E-state index contributed by atoms with van der Waals surface area (Å²) in [5.41, 5.74) is 7.13. The maximum absolute atomic E-state index is 12.3. The number of nitrogens with one attached hydrogen (secondary N) is 1. The van der Waals surface area contributed by atoms with Gasteiger partial charge in [-0.3, -0.25) is 9.48 Å². The van der Waals surface area contributed by atoms with E-state index in [9.17, 15) is 4.79 Å². The van der Waals surface area contributed by atoms with E-state index in [1.54, 1.807) is 6.20 Å². The van der Waals surface area contributed by atoms with E-state index in [1.807, 2.05) is 11.6 Å². The van der Waals surface area contributed by atoms with Gasteiger partial charge in [0.15, 0.2) is 0 Å². The van der Waals surface area contributed by atoms with Crippen molar-refractivity contribution in [1.82, 2.24) is 15.1 Å². The molecule has 0 aromatic carbocycles. The van der Waals surface area contributed by atoms with Crippen LogP contribution in [0.3, 0.4) is 0 Å². The Morgan fingerprint density at radius 2 is 2.14 bits per heavy atom. The largest absolute Gasteiger partial charge is 0.352 e. The second-order valence-electron chi connectivity index (χ2n) is 6.34. The number of carbonyl (C=O) groups is 1. The first kappa shape index (κ1) is 16.0. The number of carbonyl (C=O) groups excluding carboxylic acids is 1. The predicted molar refractivity (Wildman–Crippen MR) is 84.1 cm³/mol. The number of amides is 1. The van der Waals surface area contributed by atoms with Gasteiger partial charge in [0.05, 0.1) is 11.8 Å². The Labute approximate surface area is 127 Å². The Kier molecular flexibility index (Phi) is 5.79. The first-order valence-corrected chi connectivity index (χ1v) is 8.12. The van der Waals surface area contributed by atoms with E-state index in [4.69, 9.17) is 5.73 Å². The highest BCUT2D eigenvalue weighted by molar-refractivity contribution is 5.95. The molecule has 1 saturated carbocycles. The van der Waals surface area contributed by atoms with Gasteiger partial charge < -0.3 is 11.1 Å². The smallest absolute Gasteiger partial charge is 0.254 e. The van der Waals surface area contributed by atoms with Crippen LogP contribution in [-0.2, 0) is 6.54 Å². The predicted octanol–water partition coefficient (Wildman–Crippen LogP) is 2.10. The molecule has 1 aliphatic rings. The van der Waals surface area contributed by atoms with Crippen molar-refractivity contribution in [3.63, 3.8) is 0 Å². The molecule has 5 heteroatoms. The minimum Gasteiger partial charge on any atom is -0.352 e. The van der Waals surface area contributed by atoms with Crippen LogP contribution in [0, 0.1) is 18.8 Å². The molecule has 0 atom stereocenters. The van der Waals surface area contributed by atoms with Gasteiger partial charge in [-0.15, -0.1) is 0 Å². The van der Waals surface area contributed by atoms with E-state index in [0.29, 0.717) is 18.0 Å². The molecule has 3 N–H and O–H groups in total. The molecule has 0 spiro atoms. The van der Waals surface area contributed by atoms with Gasteiger partial charge in [-0.1, -0.05) is 19.8 Å². The quantitative estimate of drug-likeness (QED) is 0.843. The number of hydrogen-bond donors (Lipinski definition) is 2. The van der Waals surface area contributed by atoms with Crippen molar-refractivity contribution < 1.29 is 4.79 Å². The minimum absolute atomic E-state index is 0.00474. The zero-order chi connectivity index (χ0) is 15.2. The van der Waals surface area contributed by atoms with Crippen molar-refractivity contribution in [1.29, 1.82) is 0 Å². The van der Waals surface area contributed by atoms with E-state index < -0.39 is 0 Å². The van der Waals surface area contributed by atoms with Crippen LogP contribution in [0.25, 0.3) is 0 Å². The van der Waals surface area contributed by atoms with E-state index in [-0.39, 0.29) is 5.91 Å². The van der Waals surface area contributed by atoms with Gasteiger partial charge in [0.2, 0.25) is 0 Å². The zero-order valence-electron chi connectivity index (χ0n) is 13.3. The van der Waals surface area contributed by atoms with E-state index in [1.165, 1.54) is 25.7 Å². The van der Waals surface area contributed by atoms with E-state index >= 15 is 0 Å². The molecule has 0 saturated heterocycles. The lowest BCUT2D eigenvalue weighted by Crippen LogP contribution is -2.31. The molecular weight excluding hydrogens is 264 g/mol. The lowest BCUT2D eigenvalue weighted by molar-refractivity contribution is 0.0941. The van der Waals surface area contributed by atoms with Gasteiger partial charge in [0.25, 0.3) is 5.91 Å². The molecule has 0 radical (unpaired) electrons. The molecule has 1 aromatic heterocycles. The van der Waals surface area contributed by atoms with Crippen LogP contribution in [0.2, 0.25) is 0 Å². The molecule has 1 aromatic rings. The summed E-state index contributed by atoms with van der Waals surface area (Å²) < 4.78 is 1.87. The molecule has 1 amide bonds. The van der Waals surface area contributed by atoms with Crippen LogP contribution in [0.5, 0.6) is 0 Å². The molecule has 2 rings (SSSR count). The topological polar surface area (TPSA) is 72.9 Å². The standard InChI is InChI=1S/C16H28N4O/c1-12-4-6-14(7-5-12)10-18-16(21)15-11-19-20(13(15)2)9-3-8-17/h11-12,14H,3-10,17H2,1-2H3,(H,18,21). The van der Waals surface area contributed by atoms with Crippen LogP contribution >= 0.6 is 0 Å². The maximum Gasteiger partial charge on any atom is 0.254 e. The highest BCUT2D eigenvalue weighted by atomic mass is 16.1. The van der Waals surface area contributed by atoms with Gasteiger partial charge in [-0.2, -0.15) is 5.10 Å². The van der Waals surface area contributed by atoms with Crippen LogP contribution < -0.4 is 11.1 Å². The summed E-state index contributed by atoms with van der Waals surface area (Å²) in [7, 11) is 0. The Hall–Kier alpha value is -1.36. The van der Waals surface area contributed by atoms with Gasteiger partial charge >= 0.3 is 0 Å². The number of aryl methyl sites for hydroxylation is 1. The van der Waals surface area contributed by atoms with Crippen molar-refractivity contribution in [2.45, 2.75) is 52.5 Å².